The summed E-state index contributed by atoms with van der Waals surface area (Å²) < 4.78 is 18.5. The Morgan fingerprint density at radius 2 is 1.86 bits per heavy atom. The number of piperazine rings is 1. The molecule has 1 saturated heterocycles. The summed E-state index contributed by atoms with van der Waals surface area (Å²) in [4.78, 5) is 16.8. The molecule has 28 heavy (non-hydrogen) atoms. The van der Waals surface area contributed by atoms with E-state index >= 15 is 0 Å². The van der Waals surface area contributed by atoms with Crippen LogP contribution in [0.2, 0.25) is 5.02 Å². The van der Waals surface area contributed by atoms with Crippen molar-refractivity contribution < 1.29 is 13.9 Å². The highest BCUT2D eigenvalue weighted by Gasteiger charge is 2.20. The van der Waals surface area contributed by atoms with E-state index in [-0.39, 0.29) is 11.7 Å². The second-order valence-electron chi connectivity index (χ2n) is 7.04. The van der Waals surface area contributed by atoms with Crippen molar-refractivity contribution in [3.8, 4) is 5.75 Å². The number of benzene rings is 2. The molecule has 0 aliphatic carbocycles. The lowest BCUT2D eigenvalue weighted by Gasteiger charge is -2.34. The number of rotatable bonds is 6. The summed E-state index contributed by atoms with van der Waals surface area (Å²) in [6, 6.07) is 10.2. The van der Waals surface area contributed by atoms with Crippen LogP contribution in [0.5, 0.6) is 5.75 Å². The Morgan fingerprint density at radius 1 is 1.14 bits per heavy atom. The number of amides is 1. The average Bonchev–Trinajstić information content (AvgIpc) is 2.65. The topological polar surface area (TPSA) is 44.8 Å². The third-order valence-corrected chi connectivity index (χ3v) is 5.22. The summed E-state index contributed by atoms with van der Waals surface area (Å²) in [5, 5.41) is 3.39. The Kier molecular flexibility index (Phi) is 6.88. The molecule has 7 heteroatoms. The van der Waals surface area contributed by atoms with Crippen molar-refractivity contribution in [2.75, 3.05) is 45.2 Å². The van der Waals surface area contributed by atoms with Crippen LogP contribution in [-0.2, 0) is 11.3 Å². The minimum atomic E-state index is -0.324. The number of halogens is 2. The lowest BCUT2D eigenvalue weighted by atomic mass is 10.2. The van der Waals surface area contributed by atoms with Crippen molar-refractivity contribution in [3.63, 3.8) is 0 Å². The van der Waals surface area contributed by atoms with Crippen LogP contribution in [0.3, 0.4) is 0 Å². The van der Waals surface area contributed by atoms with Crippen LogP contribution in [0.1, 0.15) is 11.1 Å². The summed E-state index contributed by atoms with van der Waals surface area (Å²) in [7, 11) is 1.59. The van der Waals surface area contributed by atoms with Gasteiger partial charge in [-0.15, -0.1) is 0 Å². The van der Waals surface area contributed by atoms with Gasteiger partial charge < -0.3 is 10.1 Å². The standard InChI is InChI=1S/C21H25ClFN3O2/c1-15-3-6-20(28-2)19(11-15)24-21(27)14-26-9-7-25(8-10-26)13-16-4-5-17(23)12-18(16)22/h3-6,11-12H,7-10,13-14H2,1-2H3,(H,24,27). The molecular formula is C21H25ClFN3O2. The fourth-order valence-corrected chi connectivity index (χ4v) is 3.54. The maximum atomic E-state index is 13.2. The maximum Gasteiger partial charge on any atom is 0.238 e. The van der Waals surface area contributed by atoms with E-state index in [0.717, 1.165) is 37.3 Å². The average molecular weight is 406 g/mol. The fraction of sp³-hybridized carbons (Fsp3) is 0.381. The molecule has 0 atom stereocenters. The Bertz CT molecular complexity index is 838. The third kappa shape index (κ3) is 5.44. The van der Waals surface area contributed by atoms with E-state index < -0.39 is 0 Å². The summed E-state index contributed by atoms with van der Waals surface area (Å²) in [5.74, 6) is 0.272. The number of carbonyl (C=O) groups excluding carboxylic acids is 1. The molecule has 1 aliphatic heterocycles. The molecule has 0 aromatic heterocycles. The van der Waals surface area contributed by atoms with Gasteiger partial charge in [-0.05, 0) is 42.3 Å². The number of nitrogens with one attached hydrogen (secondary N) is 1. The summed E-state index contributed by atoms with van der Waals surface area (Å²) in [5.41, 5.74) is 2.67. The fourth-order valence-electron chi connectivity index (χ4n) is 3.31. The van der Waals surface area contributed by atoms with E-state index in [0.29, 0.717) is 29.5 Å². The van der Waals surface area contributed by atoms with Crippen molar-refractivity contribution in [3.05, 3.63) is 58.4 Å². The van der Waals surface area contributed by atoms with Crippen LogP contribution < -0.4 is 10.1 Å². The van der Waals surface area contributed by atoms with Crippen molar-refractivity contribution in [2.24, 2.45) is 0 Å². The highest BCUT2D eigenvalue weighted by Crippen LogP contribution is 2.25. The molecule has 0 radical (unpaired) electrons. The van der Waals surface area contributed by atoms with Crippen LogP contribution in [0.25, 0.3) is 0 Å². The van der Waals surface area contributed by atoms with Gasteiger partial charge in [0.2, 0.25) is 5.91 Å². The van der Waals surface area contributed by atoms with Gasteiger partial charge in [-0.25, -0.2) is 4.39 Å². The van der Waals surface area contributed by atoms with Gasteiger partial charge in [-0.3, -0.25) is 14.6 Å². The highest BCUT2D eigenvalue weighted by molar-refractivity contribution is 6.31. The van der Waals surface area contributed by atoms with Crippen molar-refractivity contribution in [1.29, 1.82) is 0 Å². The van der Waals surface area contributed by atoms with Crippen LogP contribution in [-0.4, -0.2) is 55.5 Å². The van der Waals surface area contributed by atoms with Gasteiger partial charge in [0.1, 0.15) is 11.6 Å². The van der Waals surface area contributed by atoms with Gasteiger partial charge in [-0.1, -0.05) is 23.7 Å². The Balaban J connectivity index is 1.49. The van der Waals surface area contributed by atoms with E-state index in [1.807, 2.05) is 25.1 Å². The Labute approximate surface area is 170 Å². The first-order valence-electron chi connectivity index (χ1n) is 9.28. The quantitative estimate of drug-likeness (QED) is 0.798. The second kappa shape index (κ2) is 9.37. The maximum absolute atomic E-state index is 13.2. The number of nitrogens with zero attached hydrogens (tertiary/aromatic N) is 2. The lowest BCUT2D eigenvalue weighted by Crippen LogP contribution is -2.48. The molecule has 1 N–H and O–H groups in total. The molecule has 1 amide bonds. The molecule has 1 heterocycles. The largest absolute Gasteiger partial charge is 0.495 e. The van der Waals surface area contributed by atoms with Gasteiger partial charge in [-0.2, -0.15) is 0 Å². The molecule has 0 spiro atoms. The van der Waals surface area contributed by atoms with Gasteiger partial charge in [0, 0.05) is 37.7 Å². The van der Waals surface area contributed by atoms with Crippen LogP contribution >= 0.6 is 11.6 Å². The highest BCUT2D eigenvalue weighted by atomic mass is 35.5. The van der Waals surface area contributed by atoms with E-state index in [4.69, 9.17) is 16.3 Å². The van der Waals surface area contributed by atoms with E-state index in [1.54, 1.807) is 13.2 Å². The lowest BCUT2D eigenvalue weighted by molar-refractivity contribution is -0.117. The number of ether oxygens (including phenoxy) is 1. The van der Waals surface area contributed by atoms with Crippen LogP contribution in [0.4, 0.5) is 10.1 Å². The first-order valence-corrected chi connectivity index (χ1v) is 9.65. The normalized spacial score (nSPS) is 15.4. The van der Waals surface area contributed by atoms with Gasteiger partial charge >= 0.3 is 0 Å². The number of hydrogen-bond acceptors (Lipinski definition) is 4. The molecule has 1 fully saturated rings. The summed E-state index contributed by atoms with van der Waals surface area (Å²) in [6.07, 6.45) is 0. The predicted octanol–water partition coefficient (Wildman–Crippen LogP) is 3.55. The SMILES string of the molecule is COc1ccc(C)cc1NC(=O)CN1CCN(Cc2ccc(F)cc2Cl)CC1. The molecule has 3 rings (SSSR count). The van der Waals surface area contributed by atoms with Gasteiger partial charge in [0.15, 0.2) is 0 Å². The van der Waals surface area contributed by atoms with E-state index in [2.05, 4.69) is 15.1 Å². The van der Waals surface area contributed by atoms with Crippen molar-refractivity contribution >= 4 is 23.2 Å². The molecule has 0 unspecified atom stereocenters. The van der Waals surface area contributed by atoms with Crippen LogP contribution in [0.15, 0.2) is 36.4 Å². The van der Waals surface area contributed by atoms with Gasteiger partial charge in [0.25, 0.3) is 0 Å². The van der Waals surface area contributed by atoms with Crippen molar-refractivity contribution in [1.82, 2.24) is 9.80 Å². The minimum Gasteiger partial charge on any atom is -0.495 e. The summed E-state index contributed by atoms with van der Waals surface area (Å²) in [6.45, 7) is 6.22. The molecule has 2 aromatic carbocycles. The Morgan fingerprint density at radius 3 is 2.54 bits per heavy atom. The molecule has 5 nitrogen and oxygen atoms in total. The van der Waals surface area contributed by atoms with Crippen molar-refractivity contribution in [2.45, 2.75) is 13.5 Å². The summed E-state index contributed by atoms with van der Waals surface area (Å²) >= 11 is 6.12. The monoisotopic (exact) mass is 405 g/mol. The number of anilines is 1. The molecule has 150 valence electrons. The Hall–Kier alpha value is -2.15. The van der Waals surface area contributed by atoms with E-state index in [1.165, 1.54) is 12.1 Å². The second-order valence-corrected chi connectivity index (χ2v) is 7.45. The minimum absolute atomic E-state index is 0.0565. The number of aryl methyl sites for hydroxylation is 1. The molecular weight excluding hydrogens is 381 g/mol. The molecule has 2 aromatic rings. The smallest absolute Gasteiger partial charge is 0.238 e. The molecule has 1 aliphatic rings. The van der Waals surface area contributed by atoms with Crippen LogP contribution in [0, 0.1) is 12.7 Å². The number of carbonyl (C=O) groups is 1. The zero-order chi connectivity index (χ0) is 20.1. The molecule has 0 saturated carbocycles. The third-order valence-electron chi connectivity index (χ3n) is 4.87. The number of methoxy groups -OCH3 is 1. The van der Waals surface area contributed by atoms with E-state index in [9.17, 15) is 9.18 Å². The zero-order valence-electron chi connectivity index (χ0n) is 16.2. The first-order chi connectivity index (χ1) is 13.4. The van der Waals surface area contributed by atoms with Gasteiger partial charge in [0.05, 0.1) is 19.3 Å². The molecule has 0 bridgehead atoms. The predicted molar refractivity (Wildman–Crippen MR) is 109 cm³/mol. The zero-order valence-corrected chi connectivity index (χ0v) is 16.9. The first kappa shape index (κ1) is 20.6. The number of hydrogen-bond donors (Lipinski definition) is 1.